The molecule has 0 aliphatic rings. The molecule has 0 saturated heterocycles. The topological polar surface area (TPSA) is 59.0 Å². The summed E-state index contributed by atoms with van der Waals surface area (Å²) >= 11 is 2.18. The fourth-order valence-electron chi connectivity index (χ4n) is 1.18. The lowest BCUT2D eigenvalue weighted by Crippen LogP contribution is -2.11. The monoisotopic (exact) mass is 302 g/mol. The van der Waals surface area contributed by atoms with Crippen LogP contribution in [0.25, 0.3) is 0 Å². The minimum absolute atomic E-state index is 0.234. The van der Waals surface area contributed by atoms with E-state index in [-0.39, 0.29) is 6.04 Å². The van der Waals surface area contributed by atoms with Crippen molar-refractivity contribution in [3.63, 3.8) is 0 Å². The van der Waals surface area contributed by atoms with Gasteiger partial charge in [0.1, 0.15) is 5.75 Å². The lowest BCUT2D eigenvalue weighted by molar-refractivity contribution is 0.410. The molecule has 0 saturated carbocycles. The number of hydrogen-bond acceptors (Lipinski definition) is 3. The van der Waals surface area contributed by atoms with Crippen molar-refractivity contribution in [2.75, 3.05) is 7.11 Å². The van der Waals surface area contributed by atoms with Crippen LogP contribution in [0.5, 0.6) is 5.75 Å². The smallest absolute Gasteiger partial charge is 0.132 e. The molecule has 1 atom stereocenters. The zero-order valence-corrected chi connectivity index (χ0v) is 9.98. The van der Waals surface area contributed by atoms with Crippen LogP contribution in [0.1, 0.15) is 18.0 Å². The fraction of sp³-hybridized carbons (Fsp3) is 0.300. The molecule has 1 rings (SSSR count). The molecule has 74 valence electrons. The first-order valence-corrected chi connectivity index (χ1v) is 5.23. The normalized spacial score (nSPS) is 11.9. The summed E-state index contributed by atoms with van der Waals surface area (Å²) in [6.45, 7) is 0. The van der Waals surface area contributed by atoms with Gasteiger partial charge in [-0.2, -0.15) is 5.26 Å². The molecule has 2 N–H and O–H groups in total. The Balaban J connectivity index is 3.04. The van der Waals surface area contributed by atoms with Gasteiger partial charge in [-0.3, -0.25) is 0 Å². The largest absolute Gasteiger partial charge is 0.496 e. The Hall–Kier alpha value is -0.800. The van der Waals surface area contributed by atoms with Crippen LogP contribution in [0.2, 0.25) is 0 Å². The zero-order chi connectivity index (χ0) is 10.6. The highest BCUT2D eigenvalue weighted by molar-refractivity contribution is 14.1. The molecule has 1 unspecified atom stereocenters. The zero-order valence-electron chi connectivity index (χ0n) is 7.83. The second kappa shape index (κ2) is 5.17. The molecule has 0 spiro atoms. The van der Waals surface area contributed by atoms with Crippen LogP contribution in [-0.4, -0.2) is 7.11 Å². The molecule has 0 aliphatic heterocycles. The molecule has 0 aliphatic carbocycles. The number of nitrogens with two attached hydrogens (primary N) is 1. The second-order valence-electron chi connectivity index (χ2n) is 2.83. The minimum atomic E-state index is -0.234. The van der Waals surface area contributed by atoms with Crippen LogP contribution >= 0.6 is 22.6 Å². The standard InChI is InChI=1S/C10H11IN2O/c1-14-9-4-2-3-7(10(9)11)8(13)5-6-12/h2-4,8H,5,13H2,1H3. The van der Waals surface area contributed by atoms with Crippen molar-refractivity contribution in [3.05, 3.63) is 27.3 Å². The molecule has 4 heteroatoms. The third kappa shape index (κ3) is 2.36. The molecular formula is C10H11IN2O. The second-order valence-corrected chi connectivity index (χ2v) is 3.91. The van der Waals surface area contributed by atoms with Crippen LogP contribution in [0.4, 0.5) is 0 Å². The summed E-state index contributed by atoms with van der Waals surface area (Å²) in [5, 5.41) is 8.55. The summed E-state index contributed by atoms with van der Waals surface area (Å²) in [5.74, 6) is 0.802. The number of nitrogens with zero attached hydrogens (tertiary/aromatic N) is 1. The number of benzene rings is 1. The molecule has 0 bridgehead atoms. The first-order valence-electron chi connectivity index (χ1n) is 4.15. The summed E-state index contributed by atoms with van der Waals surface area (Å²) in [7, 11) is 1.62. The van der Waals surface area contributed by atoms with Gasteiger partial charge in [-0.15, -0.1) is 0 Å². The molecule has 0 amide bonds. The third-order valence-electron chi connectivity index (χ3n) is 1.92. The average molecular weight is 302 g/mol. The van der Waals surface area contributed by atoms with E-state index in [1.807, 2.05) is 18.2 Å². The van der Waals surface area contributed by atoms with Gasteiger partial charge in [-0.1, -0.05) is 12.1 Å². The Morgan fingerprint density at radius 1 is 1.64 bits per heavy atom. The van der Waals surface area contributed by atoms with Crippen molar-refractivity contribution in [2.45, 2.75) is 12.5 Å². The van der Waals surface area contributed by atoms with Gasteiger partial charge in [0.2, 0.25) is 0 Å². The summed E-state index contributed by atoms with van der Waals surface area (Å²) in [6, 6.07) is 7.51. The van der Waals surface area contributed by atoms with Crippen molar-refractivity contribution in [1.82, 2.24) is 0 Å². The molecule has 0 heterocycles. The van der Waals surface area contributed by atoms with Crippen LogP contribution < -0.4 is 10.5 Å². The Bertz CT molecular complexity index is 360. The van der Waals surface area contributed by atoms with Crippen molar-refractivity contribution < 1.29 is 4.74 Å². The van der Waals surface area contributed by atoms with Gasteiger partial charge in [0.05, 0.1) is 23.2 Å². The first-order chi connectivity index (χ1) is 6.70. The van der Waals surface area contributed by atoms with Gasteiger partial charge >= 0.3 is 0 Å². The molecule has 0 radical (unpaired) electrons. The van der Waals surface area contributed by atoms with E-state index >= 15 is 0 Å². The molecule has 0 fully saturated rings. The predicted molar refractivity (Wildman–Crippen MR) is 62.9 cm³/mol. The highest BCUT2D eigenvalue weighted by Crippen LogP contribution is 2.28. The highest BCUT2D eigenvalue weighted by atomic mass is 127. The number of rotatable bonds is 3. The van der Waals surface area contributed by atoms with E-state index in [4.69, 9.17) is 15.7 Å². The van der Waals surface area contributed by atoms with Crippen LogP contribution in [0.3, 0.4) is 0 Å². The fourth-order valence-corrected chi connectivity index (χ4v) is 2.16. The number of hydrogen-bond donors (Lipinski definition) is 1. The molecule has 0 aromatic heterocycles. The maximum absolute atomic E-state index is 8.55. The Morgan fingerprint density at radius 2 is 2.36 bits per heavy atom. The van der Waals surface area contributed by atoms with E-state index in [2.05, 4.69) is 28.7 Å². The predicted octanol–water partition coefficient (Wildman–Crippen LogP) is 2.21. The van der Waals surface area contributed by atoms with Crippen molar-refractivity contribution in [3.8, 4) is 11.8 Å². The number of halogens is 1. The first kappa shape index (κ1) is 11.3. The molecule has 1 aromatic carbocycles. The maximum atomic E-state index is 8.55. The Kier molecular flexibility index (Phi) is 4.17. The number of methoxy groups -OCH3 is 1. The maximum Gasteiger partial charge on any atom is 0.132 e. The van der Waals surface area contributed by atoms with Gasteiger partial charge < -0.3 is 10.5 Å². The third-order valence-corrected chi connectivity index (χ3v) is 3.08. The van der Waals surface area contributed by atoms with Gasteiger partial charge in [-0.05, 0) is 34.2 Å². The van der Waals surface area contributed by atoms with Crippen LogP contribution in [-0.2, 0) is 0 Å². The quantitative estimate of drug-likeness (QED) is 0.871. The van der Waals surface area contributed by atoms with Crippen LogP contribution in [0, 0.1) is 14.9 Å². The average Bonchev–Trinajstić information content (AvgIpc) is 2.18. The van der Waals surface area contributed by atoms with E-state index in [1.54, 1.807) is 7.11 Å². The van der Waals surface area contributed by atoms with Gasteiger partial charge in [0, 0.05) is 6.04 Å². The number of ether oxygens (including phenoxy) is 1. The lowest BCUT2D eigenvalue weighted by Gasteiger charge is -2.12. The molecular weight excluding hydrogens is 291 g/mol. The Morgan fingerprint density at radius 3 is 2.93 bits per heavy atom. The van der Waals surface area contributed by atoms with Gasteiger partial charge in [0.15, 0.2) is 0 Å². The lowest BCUT2D eigenvalue weighted by atomic mass is 10.1. The van der Waals surface area contributed by atoms with Gasteiger partial charge in [0.25, 0.3) is 0 Å². The van der Waals surface area contributed by atoms with E-state index in [0.717, 1.165) is 14.9 Å². The molecule has 3 nitrogen and oxygen atoms in total. The summed E-state index contributed by atoms with van der Waals surface area (Å²) in [4.78, 5) is 0. The van der Waals surface area contributed by atoms with Crippen molar-refractivity contribution in [2.24, 2.45) is 5.73 Å². The van der Waals surface area contributed by atoms with Gasteiger partial charge in [-0.25, -0.2) is 0 Å². The summed E-state index contributed by atoms with van der Waals surface area (Å²) in [5.41, 5.74) is 6.81. The van der Waals surface area contributed by atoms with E-state index < -0.39 is 0 Å². The minimum Gasteiger partial charge on any atom is -0.496 e. The van der Waals surface area contributed by atoms with Crippen molar-refractivity contribution >= 4 is 22.6 Å². The van der Waals surface area contributed by atoms with Crippen molar-refractivity contribution in [1.29, 1.82) is 5.26 Å². The number of nitriles is 1. The van der Waals surface area contributed by atoms with E-state index in [9.17, 15) is 0 Å². The molecule has 14 heavy (non-hydrogen) atoms. The summed E-state index contributed by atoms with van der Waals surface area (Å²) in [6.07, 6.45) is 0.323. The summed E-state index contributed by atoms with van der Waals surface area (Å²) < 4.78 is 6.15. The highest BCUT2D eigenvalue weighted by Gasteiger charge is 2.12. The van der Waals surface area contributed by atoms with Crippen LogP contribution in [0.15, 0.2) is 18.2 Å². The van der Waals surface area contributed by atoms with E-state index in [0.29, 0.717) is 6.42 Å². The Labute approximate surface area is 97.0 Å². The SMILES string of the molecule is COc1cccc(C(N)CC#N)c1I. The van der Waals surface area contributed by atoms with E-state index in [1.165, 1.54) is 0 Å². The molecule has 1 aromatic rings.